The Morgan fingerprint density at radius 3 is 2.28 bits per heavy atom. The summed E-state index contributed by atoms with van der Waals surface area (Å²) in [5, 5.41) is 0. The number of alkyl halides is 3. The van der Waals surface area contributed by atoms with Gasteiger partial charge in [-0.25, -0.2) is 0 Å². The first-order chi connectivity index (χ1) is 8.14. The zero-order valence-corrected chi connectivity index (χ0v) is 11.2. The van der Waals surface area contributed by atoms with Crippen molar-refractivity contribution in [2.45, 2.75) is 48.0 Å². The molecule has 1 aromatic carbocycles. The molecule has 5 heteroatoms. The number of thioether (sulfide) groups is 1. The van der Waals surface area contributed by atoms with Crippen LogP contribution in [0.3, 0.4) is 0 Å². The maximum Gasteiger partial charge on any atom is 0.446 e. The molecule has 1 nitrogen and oxygen atoms in total. The van der Waals surface area contributed by atoms with E-state index < -0.39 is 11.0 Å². The molecule has 0 heterocycles. The van der Waals surface area contributed by atoms with E-state index in [1.807, 2.05) is 19.9 Å². The van der Waals surface area contributed by atoms with Crippen LogP contribution in [0.1, 0.15) is 32.3 Å². The number of benzene rings is 1. The minimum atomic E-state index is -4.24. The topological polar surface area (TPSA) is 26.0 Å². The Hall–Kier alpha value is -0.680. The van der Waals surface area contributed by atoms with Gasteiger partial charge >= 0.3 is 5.51 Å². The summed E-state index contributed by atoms with van der Waals surface area (Å²) in [5.41, 5.74) is 2.27. The summed E-state index contributed by atoms with van der Waals surface area (Å²) in [6.07, 6.45) is 1.88. The minimum absolute atomic E-state index is 0.0714. The Balaban J connectivity index is 2.29. The molecule has 1 aliphatic rings. The van der Waals surface area contributed by atoms with E-state index in [0.717, 1.165) is 18.4 Å². The highest BCUT2D eigenvalue weighted by Gasteiger charge is 2.53. The molecule has 0 unspecified atom stereocenters. The number of hydrogen-bond acceptors (Lipinski definition) is 2. The van der Waals surface area contributed by atoms with Crippen molar-refractivity contribution >= 4 is 11.8 Å². The summed E-state index contributed by atoms with van der Waals surface area (Å²) in [7, 11) is 0. The number of halogens is 3. The third kappa shape index (κ3) is 2.67. The van der Waals surface area contributed by atoms with Crippen LogP contribution in [-0.2, 0) is 5.41 Å². The molecule has 18 heavy (non-hydrogen) atoms. The van der Waals surface area contributed by atoms with Crippen molar-refractivity contribution in [3.8, 4) is 0 Å². The summed E-state index contributed by atoms with van der Waals surface area (Å²) < 4.78 is 37.1. The summed E-state index contributed by atoms with van der Waals surface area (Å²) in [5.74, 6) is 0. The fourth-order valence-corrected chi connectivity index (χ4v) is 3.02. The first-order valence-electron chi connectivity index (χ1n) is 5.79. The van der Waals surface area contributed by atoms with Gasteiger partial charge in [0.1, 0.15) is 0 Å². The zero-order chi connectivity index (χ0) is 13.6. The van der Waals surface area contributed by atoms with Crippen LogP contribution in [-0.4, -0.2) is 11.0 Å². The highest BCUT2D eigenvalue weighted by molar-refractivity contribution is 8.00. The molecule has 0 bridgehead atoms. The smallest absolute Gasteiger partial charge is 0.325 e. The molecular weight excluding hydrogens is 259 g/mol. The van der Waals surface area contributed by atoms with Crippen LogP contribution in [0, 0.1) is 0 Å². The zero-order valence-electron chi connectivity index (χ0n) is 10.3. The van der Waals surface area contributed by atoms with Crippen molar-refractivity contribution in [2.24, 2.45) is 5.73 Å². The Kier molecular flexibility index (Phi) is 3.18. The van der Waals surface area contributed by atoms with Gasteiger partial charge in [0.05, 0.1) is 0 Å². The standard InChI is InChI=1S/C13H16F3NS/c1-11(2,17)12(6-7-12)9-4-3-5-10(8-9)18-13(14,15)16/h3-5,8H,6-7,17H2,1-2H3. The van der Waals surface area contributed by atoms with Crippen LogP contribution in [0.5, 0.6) is 0 Å². The van der Waals surface area contributed by atoms with E-state index >= 15 is 0 Å². The van der Waals surface area contributed by atoms with E-state index in [0.29, 0.717) is 0 Å². The molecule has 0 radical (unpaired) electrons. The number of nitrogens with two attached hydrogens (primary N) is 1. The molecule has 1 aromatic rings. The second kappa shape index (κ2) is 4.17. The normalized spacial score (nSPS) is 18.8. The van der Waals surface area contributed by atoms with Gasteiger partial charge in [-0.05, 0) is 56.1 Å². The van der Waals surface area contributed by atoms with Gasteiger partial charge in [0.15, 0.2) is 0 Å². The second-order valence-corrected chi connectivity index (χ2v) is 6.52. The summed E-state index contributed by atoms with van der Waals surface area (Å²) >= 11 is -0.0714. The predicted octanol–water partition coefficient (Wildman–Crippen LogP) is 4.07. The molecule has 100 valence electrons. The molecule has 2 N–H and O–H groups in total. The lowest BCUT2D eigenvalue weighted by Crippen LogP contribution is -2.45. The Morgan fingerprint density at radius 1 is 1.22 bits per heavy atom. The fourth-order valence-electron chi connectivity index (χ4n) is 2.42. The maximum absolute atomic E-state index is 12.4. The first kappa shape index (κ1) is 13.7. The maximum atomic E-state index is 12.4. The van der Waals surface area contributed by atoms with Gasteiger partial charge in [0.25, 0.3) is 0 Å². The van der Waals surface area contributed by atoms with Crippen LogP contribution in [0.4, 0.5) is 13.2 Å². The van der Waals surface area contributed by atoms with Crippen LogP contribution in [0.25, 0.3) is 0 Å². The average molecular weight is 275 g/mol. The van der Waals surface area contributed by atoms with E-state index in [9.17, 15) is 13.2 Å². The quantitative estimate of drug-likeness (QED) is 0.842. The summed E-state index contributed by atoms with van der Waals surface area (Å²) in [6, 6.07) is 6.66. The van der Waals surface area contributed by atoms with Crippen LogP contribution >= 0.6 is 11.8 Å². The van der Waals surface area contributed by atoms with Crippen molar-refractivity contribution in [1.29, 1.82) is 0 Å². The lowest BCUT2D eigenvalue weighted by molar-refractivity contribution is -0.0328. The van der Waals surface area contributed by atoms with E-state index in [2.05, 4.69) is 0 Å². The third-order valence-electron chi connectivity index (χ3n) is 3.60. The van der Waals surface area contributed by atoms with Crippen molar-refractivity contribution in [3.05, 3.63) is 29.8 Å². The highest BCUT2D eigenvalue weighted by atomic mass is 32.2. The molecule has 2 rings (SSSR count). The lowest BCUT2D eigenvalue weighted by atomic mass is 9.79. The molecule has 0 saturated heterocycles. The fraction of sp³-hybridized carbons (Fsp3) is 0.538. The van der Waals surface area contributed by atoms with Crippen molar-refractivity contribution < 1.29 is 13.2 Å². The van der Waals surface area contributed by atoms with E-state index in [-0.39, 0.29) is 22.1 Å². The van der Waals surface area contributed by atoms with Gasteiger partial charge in [-0.3, -0.25) is 0 Å². The lowest BCUT2D eigenvalue weighted by Gasteiger charge is -2.31. The SMILES string of the molecule is CC(C)(N)C1(c2cccc(SC(F)(F)F)c2)CC1. The van der Waals surface area contributed by atoms with Gasteiger partial charge < -0.3 is 5.73 Å². The first-order valence-corrected chi connectivity index (χ1v) is 6.61. The molecular formula is C13H16F3NS. The van der Waals surface area contributed by atoms with Gasteiger partial charge in [0, 0.05) is 15.8 Å². The summed E-state index contributed by atoms with van der Waals surface area (Å²) in [4.78, 5) is 0.232. The van der Waals surface area contributed by atoms with Crippen LogP contribution in [0.2, 0.25) is 0 Å². The highest BCUT2D eigenvalue weighted by Crippen LogP contribution is 2.55. The van der Waals surface area contributed by atoms with Crippen LogP contribution in [0.15, 0.2) is 29.2 Å². The van der Waals surface area contributed by atoms with Gasteiger partial charge in [-0.2, -0.15) is 13.2 Å². The number of rotatable bonds is 3. The molecule has 0 atom stereocenters. The van der Waals surface area contributed by atoms with Gasteiger partial charge in [-0.1, -0.05) is 12.1 Å². The molecule has 0 amide bonds. The molecule has 0 spiro atoms. The van der Waals surface area contributed by atoms with Gasteiger partial charge in [-0.15, -0.1) is 0 Å². The van der Waals surface area contributed by atoms with Crippen LogP contribution < -0.4 is 5.73 Å². The van der Waals surface area contributed by atoms with Crippen molar-refractivity contribution in [3.63, 3.8) is 0 Å². The largest absolute Gasteiger partial charge is 0.446 e. The van der Waals surface area contributed by atoms with E-state index in [1.54, 1.807) is 12.1 Å². The Bertz CT molecular complexity index is 444. The Labute approximate surface area is 109 Å². The molecule has 0 aromatic heterocycles. The van der Waals surface area contributed by atoms with Crippen molar-refractivity contribution in [2.75, 3.05) is 0 Å². The second-order valence-electron chi connectivity index (χ2n) is 5.38. The van der Waals surface area contributed by atoms with Crippen molar-refractivity contribution in [1.82, 2.24) is 0 Å². The summed E-state index contributed by atoms with van der Waals surface area (Å²) in [6.45, 7) is 3.87. The minimum Gasteiger partial charge on any atom is -0.325 e. The van der Waals surface area contributed by atoms with E-state index in [4.69, 9.17) is 5.73 Å². The molecule has 1 aliphatic carbocycles. The molecule has 1 saturated carbocycles. The van der Waals surface area contributed by atoms with E-state index in [1.165, 1.54) is 6.07 Å². The monoisotopic (exact) mass is 275 g/mol. The molecule has 1 fully saturated rings. The van der Waals surface area contributed by atoms with Gasteiger partial charge in [0.2, 0.25) is 0 Å². The third-order valence-corrected chi connectivity index (χ3v) is 4.32. The average Bonchev–Trinajstić information content (AvgIpc) is 2.94. The molecule has 0 aliphatic heterocycles. The Morgan fingerprint density at radius 2 is 1.83 bits per heavy atom. The predicted molar refractivity (Wildman–Crippen MR) is 67.5 cm³/mol. The number of hydrogen-bond donors (Lipinski definition) is 1.